The van der Waals surface area contributed by atoms with Crippen molar-refractivity contribution in [3.8, 4) is 0 Å². The van der Waals surface area contributed by atoms with Gasteiger partial charge >= 0.3 is 0 Å². The molecular weight excluding hydrogens is 170 g/mol. The maximum atomic E-state index is 4.03. The molecule has 0 aliphatic heterocycles. The lowest BCUT2D eigenvalue weighted by Crippen LogP contribution is -2.28. The van der Waals surface area contributed by atoms with Gasteiger partial charge in [-0.1, -0.05) is 18.4 Å². The zero-order valence-electron chi connectivity index (χ0n) is 9.55. The number of rotatable bonds is 4. The lowest BCUT2D eigenvalue weighted by atomic mass is 10.0. The van der Waals surface area contributed by atoms with Crippen molar-refractivity contribution >= 4 is 0 Å². The van der Waals surface area contributed by atoms with Crippen molar-refractivity contribution in [2.75, 3.05) is 7.05 Å². The predicted molar refractivity (Wildman–Crippen MR) is 61.2 cm³/mol. The van der Waals surface area contributed by atoms with Crippen LogP contribution in [0.3, 0.4) is 0 Å². The van der Waals surface area contributed by atoms with Crippen LogP contribution in [-0.4, -0.2) is 13.1 Å². The molecule has 80 valence electrons. The van der Waals surface area contributed by atoms with Crippen molar-refractivity contribution in [2.45, 2.75) is 45.1 Å². The van der Waals surface area contributed by atoms with E-state index in [1.54, 1.807) is 0 Å². The maximum Gasteiger partial charge on any atom is 0.0135 e. The standard InChI is InChI=1S/C13H23N/c1-9(2)8-12(14-3)13-10-6-4-5-7-11(10)13/h10-14H,1,4-8H2,2-3H3. The molecule has 0 radical (unpaired) electrons. The van der Waals surface area contributed by atoms with Gasteiger partial charge in [0, 0.05) is 6.04 Å². The normalized spacial score (nSPS) is 37.4. The molecule has 0 amide bonds. The van der Waals surface area contributed by atoms with Crippen LogP contribution in [0.5, 0.6) is 0 Å². The van der Waals surface area contributed by atoms with Crippen LogP contribution in [0.1, 0.15) is 39.0 Å². The van der Waals surface area contributed by atoms with Gasteiger partial charge in [-0.15, -0.1) is 6.58 Å². The molecule has 3 atom stereocenters. The Morgan fingerprint density at radius 3 is 2.36 bits per heavy atom. The molecule has 0 aromatic carbocycles. The first-order valence-corrected chi connectivity index (χ1v) is 6.05. The molecule has 2 saturated carbocycles. The highest BCUT2D eigenvalue weighted by molar-refractivity contribution is 5.07. The van der Waals surface area contributed by atoms with E-state index in [0.29, 0.717) is 6.04 Å². The second-order valence-corrected chi connectivity index (χ2v) is 5.25. The summed E-state index contributed by atoms with van der Waals surface area (Å²) in [6.45, 7) is 6.18. The molecule has 2 rings (SSSR count). The zero-order valence-corrected chi connectivity index (χ0v) is 9.55. The Labute approximate surface area is 88.0 Å². The van der Waals surface area contributed by atoms with E-state index >= 15 is 0 Å². The van der Waals surface area contributed by atoms with Crippen LogP contribution in [0.4, 0.5) is 0 Å². The summed E-state index contributed by atoms with van der Waals surface area (Å²) in [4.78, 5) is 0. The average molecular weight is 193 g/mol. The number of hydrogen-bond acceptors (Lipinski definition) is 1. The summed E-state index contributed by atoms with van der Waals surface area (Å²) in [6, 6.07) is 0.709. The van der Waals surface area contributed by atoms with E-state index in [0.717, 1.165) is 17.8 Å². The third-order valence-corrected chi connectivity index (χ3v) is 4.13. The van der Waals surface area contributed by atoms with Gasteiger partial charge in [-0.25, -0.2) is 0 Å². The molecule has 1 N–H and O–H groups in total. The largest absolute Gasteiger partial charge is 0.316 e. The quantitative estimate of drug-likeness (QED) is 0.677. The van der Waals surface area contributed by atoms with Crippen molar-refractivity contribution in [1.82, 2.24) is 5.32 Å². The fraction of sp³-hybridized carbons (Fsp3) is 0.846. The van der Waals surface area contributed by atoms with E-state index in [1.807, 2.05) is 0 Å². The molecule has 3 unspecified atom stereocenters. The summed E-state index contributed by atoms with van der Waals surface area (Å²) in [5.74, 6) is 3.08. The molecule has 2 aliphatic carbocycles. The second-order valence-electron chi connectivity index (χ2n) is 5.25. The third-order valence-electron chi connectivity index (χ3n) is 4.13. The van der Waals surface area contributed by atoms with Gasteiger partial charge in [-0.05, 0) is 51.0 Å². The van der Waals surface area contributed by atoms with Gasteiger partial charge in [0.15, 0.2) is 0 Å². The molecular formula is C13H23N. The Bertz CT molecular complexity index is 209. The summed E-state index contributed by atoms with van der Waals surface area (Å²) in [5.41, 5.74) is 1.33. The molecule has 1 heteroatoms. The Morgan fingerprint density at radius 2 is 1.93 bits per heavy atom. The minimum absolute atomic E-state index is 0.709. The van der Waals surface area contributed by atoms with Crippen LogP contribution < -0.4 is 5.32 Å². The number of nitrogens with one attached hydrogen (secondary N) is 1. The first kappa shape index (κ1) is 10.2. The van der Waals surface area contributed by atoms with Crippen LogP contribution >= 0.6 is 0 Å². The molecule has 0 heterocycles. The van der Waals surface area contributed by atoms with Crippen LogP contribution in [0.15, 0.2) is 12.2 Å². The summed E-state index contributed by atoms with van der Waals surface area (Å²) >= 11 is 0. The molecule has 0 spiro atoms. The number of hydrogen-bond donors (Lipinski definition) is 1. The Hall–Kier alpha value is -0.300. The van der Waals surface area contributed by atoms with Crippen LogP contribution in [-0.2, 0) is 0 Å². The van der Waals surface area contributed by atoms with Gasteiger partial charge in [0.1, 0.15) is 0 Å². The molecule has 0 aromatic rings. The molecule has 0 saturated heterocycles. The molecule has 2 fully saturated rings. The van der Waals surface area contributed by atoms with Gasteiger partial charge in [0.2, 0.25) is 0 Å². The van der Waals surface area contributed by atoms with E-state index in [-0.39, 0.29) is 0 Å². The molecule has 1 nitrogen and oxygen atoms in total. The predicted octanol–water partition coefficient (Wildman–Crippen LogP) is 2.98. The fourth-order valence-corrected chi connectivity index (χ4v) is 3.45. The summed E-state index contributed by atoms with van der Waals surface area (Å²) in [7, 11) is 2.11. The van der Waals surface area contributed by atoms with E-state index in [4.69, 9.17) is 0 Å². The van der Waals surface area contributed by atoms with Crippen molar-refractivity contribution < 1.29 is 0 Å². The highest BCUT2D eigenvalue weighted by atomic mass is 14.9. The van der Waals surface area contributed by atoms with Crippen molar-refractivity contribution in [1.29, 1.82) is 0 Å². The smallest absolute Gasteiger partial charge is 0.0135 e. The monoisotopic (exact) mass is 193 g/mol. The highest BCUT2D eigenvalue weighted by Gasteiger charge is 2.53. The highest BCUT2D eigenvalue weighted by Crippen LogP contribution is 2.57. The van der Waals surface area contributed by atoms with Gasteiger partial charge < -0.3 is 5.32 Å². The van der Waals surface area contributed by atoms with E-state index < -0.39 is 0 Å². The molecule has 2 aliphatic rings. The SMILES string of the molecule is C=C(C)CC(NC)C1C2CCCCC21. The van der Waals surface area contributed by atoms with Crippen LogP contribution in [0, 0.1) is 17.8 Å². The third kappa shape index (κ3) is 1.88. The van der Waals surface area contributed by atoms with Gasteiger partial charge in [0.25, 0.3) is 0 Å². The van der Waals surface area contributed by atoms with Gasteiger partial charge in [-0.3, -0.25) is 0 Å². The molecule has 0 bridgehead atoms. The topological polar surface area (TPSA) is 12.0 Å². The second kappa shape index (κ2) is 4.06. The minimum Gasteiger partial charge on any atom is -0.316 e. The van der Waals surface area contributed by atoms with Gasteiger partial charge in [-0.2, -0.15) is 0 Å². The van der Waals surface area contributed by atoms with E-state index in [9.17, 15) is 0 Å². The molecule has 0 aromatic heterocycles. The summed E-state index contributed by atoms with van der Waals surface area (Å²) in [5, 5.41) is 3.49. The first-order valence-electron chi connectivity index (χ1n) is 6.05. The van der Waals surface area contributed by atoms with Gasteiger partial charge in [0.05, 0.1) is 0 Å². The van der Waals surface area contributed by atoms with Crippen LogP contribution in [0.2, 0.25) is 0 Å². The van der Waals surface area contributed by atoms with Crippen LogP contribution in [0.25, 0.3) is 0 Å². The molecule has 14 heavy (non-hydrogen) atoms. The Balaban J connectivity index is 1.90. The maximum absolute atomic E-state index is 4.03. The summed E-state index contributed by atoms with van der Waals surface area (Å²) in [6.07, 6.45) is 7.10. The fourth-order valence-electron chi connectivity index (χ4n) is 3.45. The Kier molecular flexibility index (Phi) is 2.96. The van der Waals surface area contributed by atoms with E-state index in [1.165, 1.54) is 37.7 Å². The number of fused-ring (bicyclic) bond motifs is 1. The first-order chi connectivity index (χ1) is 6.74. The van der Waals surface area contributed by atoms with E-state index in [2.05, 4.69) is 25.9 Å². The average Bonchev–Trinajstić information content (AvgIpc) is 2.88. The lowest BCUT2D eigenvalue weighted by Gasteiger charge is -2.16. The minimum atomic E-state index is 0.709. The van der Waals surface area contributed by atoms with Crippen molar-refractivity contribution in [3.63, 3.8) is 0 Å². The van der Waals surface area contributed by atoms with Crippen molar-refractivity contribution in [3.05, 3.63) is 12.2 Å². The Morgan fingerprint density at radius 1 is 1.36 bits per heavy atom. The summed E-state index contributed by atoms with van der Waals surface area (Å²) < 4.78 is 0. The zero-order chi connectivity index (χ0) is 10.1. The lowest BCUT2D eigenvalue weighted by molar-refractivity contribution is 0.459. The van der Waals surface area contributed by atoms with Crippen molar-refractivity contribution in [2.24, 2.45) is 17.8 Å².